The molecule has 11 heteroatoms. The lowest BCUT2D eigenvalue weighted by Gasteiger charge is -2.36. The molecule has 2 fully saturated rings. The summed E-state index contributed by atoms with van der Waals surface area (Å²) in [6.07, 6.45) is 6.36. The molecule has 1 aliphatic heterocycles. The van der Waals surface area contributed by atoms with Crippen LogP contribution in [0.4, 0.5) is 4.39 Å². The van der Waals surface area contributed by atoms with Gasteiger partial charge in [-0.25, -0.2) is 4.39 Å². The Morgan fingerprint density at radius 2 is 1.90 bits per heavy atom. The third-order valence-corrected chi connectivity index (χ3v) is 8.33. The molecule has 2 amide bonds. The number of benzene rings is 2. The molecule has 1 unspecified atom stereocenters. The van der Waals surface area contributed by atoms with Crippen LogP contribution in [0.15, 0.2) is 47.0 Å². The minimum Gasteiger partial charge on any atom is -0.493 e. The Kier molecular flexibility index (Phi) is 10.1. The second kappa shape index (κ2) is 14.1. The van der Waals surface area contributed by atoms with Gasteiger partial charge < -0.3 is 19.5 Å². The van der Waals surface area contributed by atoms with Crippen molar-refractivity contribution in [1.29, 1.82) is 0 Å². The van der Waals surface area contributed by atoms with Gasteiger partial charge in [-0.1, -0.05) is 41.7 Å². The Balaban J connectivity index is 1.01. The van der Waals surface area contributed by atoms with E-state index < -0.39 is 11.9 Å². The number of aromatic nitrogens is 2. The molecular weight excluding hydrogens is 561 g/mol. The van der Waals surface area contributed by atoms with Crippen molar-refractivity contribution >= 4 is 23.4 Å². The highest BCUT2D eigenvalue weighted by Gasteiger charge is 2.26. The molecule has 42 heavy (non-hydrogen) atoms. The van der Waals surface area contributed by atoms with Gasteiger partial charge in [0.1, 0.15) is 17.6 Å². The van der Waals surface area contributed by atoms with E-state index in [1.807, 2.05) is 0 Å². The van der Waals surface area contributed by atoms with Crippen molar-refractivity contribution in [3.8, 4) is 17.1 Å². The number of nitrogens with zero attached hydrogens (tertiary/aromatic N) is 4. The summed E-state index contributed by atoms with van der Waals surface area (Å²) in [6, 6.07) is 10.8. The van der Waals surface area contributed by atoms with E-state index in [9.17, 15) is 14.0 Å². The number of nitrogens with one attached hydrogen (secondary N) is 1. The van der Waals surface area contributed by atoms with Crippen molar-refractivity contribution in [2.75, 3.05) is 39.3 Å². The standard InChI is InChI=1S/C31H37ClFN5O4/c1-21(34-30(39)24-9-4-5-10-26(24)32)31(40)38-16-14-37(15-17-38)13-6-18-41-23-11-12-25(27(33)20-23)29-35-28(42-36-29)19-22-7-2-3-8-22/h4-5,9-12,20-22H,2-3,6-8,13-19H2,1H3,(H,34,39). The van der Waals surface area contributed by atoms with Crippen molar-refractivity contribution in [2.45, 2.75) is 51.5 Å². The fourth-order valence-electron chi connectivity index (χ4n) is 5.60. The molecular formula is C31H37ClFN5O4. The first-order chi connectivity index (χ1) is 20.4. The van der Waals surface area contributed by atoms with Crippen LogP contribution in [-0.4, -0.2) is 77.1 Å². The average Bonchev–Trinajstić information content (AvgIpc) is 3.68. The molecule has 2 aliphatic rings. The van der Waals surface area contributed by atoms with Gasteiger partial charge in [0.05, 0.1) is 22.8 Å². The maximum Gasteiger partial charge on any atom is 0.253 e. The smallest absolute Gasteiger partial charge is 0.253 e. The molecule has 1 aromatic heterocycles. The lowest BCUT2D eigenvalue weighted by molar-refractivity contribution is -0.134. The number of hydrogen-bond donors (Lipinski definition) is 1. The van der Waals surface area contributed by atoms with Crippen LogP contribution in [0.5, 0.6) is 5.75 Å². The summed E-state index contributed by atoms with van der Waals surface area (Å²) in [5.41, 5.74) is 0.647. The fourth-order valence-corrected chi connectivity index (χ4v) is 5.82. The molecule has 1 saturated carbocycles. The highest BCUT2D eigenvalue weighted by molar-refractivity contribution is 6.33. The average molecular weight is 598 g/mol. The number of carbonyl (C=O) groups is 2. The molecule has 1 aliphatic carbocycles. The number of carbonyl (C=O) groups excluding carboxylic acids is 2. The van der Waals surface area contributed by atoms with Gasteiger partial charge in [0, 0.05) is 45.2 Å². The maximum atomic E-state index is 14.8. The van der Waals surface area contributed by atoms with Crippen LogP contribution in [0.2, 0.25) is 5.02 Å². The first-order valence-electron chi connectivity index (χ1n) is 14.7. The molecule has 1 saturated heterocycles. The van der Waals surface area contributed by atoms with Gasteiger partial charge >= 0.3 is 0 Å². The molecule has 0 radical (unpaired) electrons. The Morgan fingerprint density at radius 3 is 2.64 bits per heavy atom. The molecule has 2 aromatic carbocycles. The highest BCUT2D eigenvalue weighted by atomic mass is 35.5. The minimum atomic E-state index is -0.653. The van der Waals surface area contributed by atoms with E-state index >= 15 is 0 Å². The molecule has 9 nitrogen and oxygen atoms in total. The largest absolute Gasteiger partial charge is 0.493 e. The van der Waals surface area contributed by atoms with Crippen molar-refractivity contribution in [3.05, 3.63) is 64.8 Å². The summed E-state index contributed by atoms with van der Waals surface area (Å²) in [5, 5.41) is 7.08. The van der Waals surface area contributed by atoms with E-state index in [-0.39, 0.29) is 17.6 Å². The first-order valence-corrected chi connectivity index (χ1v) is 15.1. The maximum absolute atomic E-state index is 14.8. The number of ether oxygens (including phenoxy) is 1. The zero-order valence-corrected chi connectivity index (χ0v) is 24.6. The Labute approximate surface area is 250 Å². The van der Waals surface area contributed by atoms with Crippen molar-refractivity contribution in [3.63, 3.8) is 0 Å². The molecule has 1 N–H and O–H groups in total. The summed E-state index contributed by atoms with van der Waals surface area (Å²) in [6.45, 7) is 5.55. The second-order valence-electron chi connectivity index (χ2n) is 11.1. The molecule has 2 heterocycles. The zero-order valence-electron chi connectivity index (χ0n) is 23.9. The summed E-state index contributed by atoms with van der Waals surface area (Å²) in [7, 11) is 0. The zero-order chi connectivity index (χ0) is 29.5. The van der Waals surface area contributed by atoms with Crippen LogP contribution >= 0.6 is 11.6 Å². The summed E-state index contributed by atoms with van der Waals surface area (Å²) in [5.74, 6) is 0.934. The first kappa shape index (κ1) is 30.0. The lowest BCUT2D eigenvalue weighted by Crippen LogP contribution is -2.54. The quantitative estimate of drug-likeness (QED) is 0.311. The minimum absolute atomic E-state index is 0.116. The van der Waals surface area contributed by atoms with E-state index in [2.05, 4.69) is 20.4 Å². The molecule has 5 rings (SSSR count). The number of halogens is 2. The molecule has 224 valence electrons. The Bertz CT molecular complexity index is 1370. The SMILES string of the molecule is CC(NC(=O)c1ccccc1Cl)C(=O)N1CCN(CCCOc2ccc(-c3noc(CC4CCCC4)n3)c(F)c2)CC1. The monoisotopic (exact) mass is 597 g/mol. The molecule has 3 aromatic rings. The summed E-state index contributed by atoms with van der Waals surface area (Å²) < 4.78 is 26.0. The lowest BCUT2D eigenvalue weighted by atomic mass is 10.0. The molecule has 0 spiro atoms. The van der Waals surface area contributed by atoms with Crippen LogP contribution in [0, 0.1) is 11.7 Å². The third-order valence-electron chi connectivity index (χ3n) is 8.00. The van der Waals surface area contributed by atoms with Gasteiger partial charge in [-0.2, -0.15) is 4.98 Å². The van der Waals surface area contributed by atoms with Crippen LogP contribution in [0.1, 0.15) is 55.3 Å². The van der Waals surface area contributed by atoms with Gasteiger partial charge in [-0.3, -0.25) is 14.5 Å². The summed E-state index contributed by atoms with van der Waals surface area (Å²) >= 11 is 6.10. The Morgan fingerprint density at radius 1 is 1.14 bits per heavy atom. The van der Waals surface area contributed by atoms with Crippen LogP contribution in [0.3, 0.4) is 0 Å². The predicted octanol–water partition coefficient (Wildman–Crippen LogP) is 4.99. The van der Waals surface area contributed by atoms with Crippen LogP contribution < -0.4 is 10.1 Å². The van der Waals surface area contributed by atoms with Gasteiger partial charge in [0.15, 0.2) is 0 Å². The van der Waals surface area contributed by atoms with Gasteiger partial charge in [0.25, 0.3) is 5.91 Å². The van der Waals surface area contributed by atoms with Gasteiger partial charge in [-0.05, 0) is 56.4 Å². The predicted molar refractivity (Wildman–Crippen MR) is 157 cm³/mol. The van der Waals surface area contributed by atoms with Crippen LogP contribution in [0.25, 0.3) is 11.4 Å². The number of rotatable bonds is 11. The summed E-state index contributed by atoms with van der Waals surface area (Å²) in [4.78, 5) is 33.8. The van der Waals surface area contributed by atoms with E-state index in [1.54, 1.807) is 48.2 Å². The van der Waals surface area contributed by atoms with E-state index in [0.717, 1.165) is 32.5 Å². The van der Waals surface area contributed by atoms with E-state index in [1.165, 1.54) is 31.7 Å². The number of piperazine rings is 1. The topological polar surface area (TPSA) is 101 Å². The van der Waals surface area contributed by atoms with Crippen molar-refractivity contribution in [1.82, 2.24) is 25.3 Å². The number of hydrogen-bond acceptors (Lipinski definition) is 7. The third kappa shape index (κ3) is 7.66. The molecule has 0 bridgehead atoms. The fraction of sp³-hybridized carbons (Fsp3) is 0.484. The van der Waals surface area contributed by atoms with Gasteiger partial charge in [-0.15, -0.1) is 0 Å². The molecule has 1 atom stereocenters. The van der Waals surface area contributed by atoms with E-state index in [4.69, 9.17) is 20.9 Å². The second-order valence-corrected chi connectivity index (χ2v) is 11.5. The normalized spacial score (nSPS) is 16.9. The Hall–Kier alpha value is -3.50. The van der Waals surface area contributed by atoms with Crippen LogP contribution in [-0.2, 0) is 11.2 Å². The van der Waals surface area contributed by atoms with E-state index in [0.29, 0.717) is 53.4 Å². The van der Waals surface area contributed by atoms with Crippen molar-refractivity contribution < 1.29 is 23.2 Å². The highest BCUT2D eigenvalue weighted by Crippen LogP contribution is 2.29. The van der Waals surface area contributed by atoms with Gasteiger partial charge in [0.2, 0.25) is 17.6 Å². The number of amides is 2. The van der Waals surface area contributed by atoms with Crippen molar-refractivity contribution in [2.24, 2.45) is 5.92 Å².